The normalized spacial score (nSPS) is 14.7. The number of para-hydroxylation sites is 1. The van der Waals surface area contributed by atoms with E-state index in [-0.39, 0.29) is 18.6 Å². The maximum absolute atomic E-state index is 11.4. The lowest BCUT2D eigenvalue weighted by molar-refractivity contribution is -0.118. The van der Waals surface area contributed by atoms with E-state index in [0.29, 0.717) is 16.5 Å². The van der Waals surface area contributed by atoms with Crippen LogP contribution in [-0.2, 0) is 4.79 Å². The quantitative estimate of drug-likeness (QED) is 0.905. The van der Waals surface area contributed by atoms with Crippen LogP contribution in [0.4, 0.5) is 11.4 Å². The predicted molar refractivity (Wildman–Crippen MR) is 84.1 cm³/mol. The van der Waals surface area contributed by atoms with Crippen molar-refractivity contribution in [3.8, 4) is 5.75 Å². The van der Waals surface area contributed by atoms with E-state index < -0.39 is 0 Å². The number of anilines is 2. The van der Waals surface area contributed by atoms with Gasteiger partial charge in [-0.1, -0.05) is 29.8 Å². The summed E-state index contributed by atoms with van der Waals surface area (Å²) in [6.07, 6.45) is 0. The Balaban J connectivity index is 1.82. The molecule has 0 saturated heterocycles. The van der Waals surface area contributed by atoms with E-state index in [0.717, 1.165) is 11.3 Å². The van der Waals surface area contributed by atoms with Crippen LogP contribution in [0.5, 0.6) is 5.75 Å². The van der Waals surface area contributed by atoms with Gasteiger partial charge in [0, 0.05) is 6.04 Å². The SMILES string of the molecule is CC(Nc1ccccc1Cl)c1ccc2c(c1)NC(=O)CO2. The van der Waals surface area contributed by atoms with Crippen LogP contribution < -0.4 is 15.4 Å². The molecule has 4 nitrogen and oxygen atoms in total. The molecule has 2 N–H and O–H groups in total. The first-order valence-electron chi connectivity index (χ1n) is 6.71. The van der Waals surface area contributed by atoms with Crippen LogP contribution in [0.1, 0.15) is 18.5 Å². The van der Waals surface area contributed by atoms with Crippen molar-refractivity contribution in [2.75, 3.05) is 17.2 Å². The van der Waals surface area contributed by atoms with E-state index in [4.69, 9.17) is 16.3 Å². The highest BCUT2D eigenvalue weighted by atomic mass is 35.5. The molecule has 1 unspecified atom stereocenters. The van der Waals surface area contributed by atoms with Crippen molar-refractivity contribution in [3.63, 3.8) is 0 Å². The fourth-order valence-corrected chi connectivity index (χ4v) is 2.46. The van der Waals surface area contributed by atoms with Gasteiger partial charge in [0.2, 0.25) is 0 Å². The summed E-state index contributed by atoms with van der Waals surface area (Å²) in [6, 6.07) is 13.4. The Labute approximate surface area is 128 Å². The molecule has 1 heterocycles. The Hall–Kier alpha value is -2.20. The third-order valence-corrected chi connectivity index (χ3v) is 3.71. The van der Waals surface area contributed by atoms with Gasteiger partial charge in [0.15, 0.2) is 6.61 Å². The molecule has 1 amide bonds. The average Bonchev–Trinajstić information content (AvgIpc) is 2.48. The summed E-state index contributed by atoms with van der Waals surface area (Å²) in [4.78, 5) is 11.4. The van der Waals surface area contributed by atoms with Gasteiger partial charge >= 0.3 is 0 Å². The number of carbonyl (C=O) groups excluding carboxylic acids is 1. The molecule has 0 saturated carbocycles. The Morgan fingerprint density at radius 2 is 2.10 bits per heavy atom. The lowest BCUT2D eigenvalue weighted by atomic mass is 10.1. The van der Waals surface area contributed by atoms with Crippen molar-refractivity contribution < 1.29 is 9.53 Å². The molecule has 1 aliphatic rings. The number of fused-ring (bicyclic) bond motifs is 1. The molecule has 108 valence electrons. The van der Waals surface area contributed by atoms with Crippen LogP contribution in [0.15, 0.2) is 42.5 Å². The molecule has 0 radical (unpaired) electrons. The minimum atomic E-state index is -0.133. The van der Waals surface area contributed by atoms with Gasteiger partial charge in [-0.15, -0.1) is 0 Å². The number of ether oxygens (including phenoxy) is 1. The Bertz CT molecular complexity index is 688. The molecule has 2 aromatic carbocycles. The summed E-state index contributed by atoms with van der Waals surface area (Å²) in [5.74, 6) is 0.564. The molecule has 1 atom stereocenters. The van der Waals surface area contributed by atoms with Crippen LogP contribution in [0.25, 0.3) is 0 Å². The first kappa shape index (κ1) is 13.8. The first-order chi connectivity index (χ1) is 10.1. The summed E-state index contributed by atoms with van der Waals surface area (Å²) in [5.41, 5.74) is 2.63. The van der Waals surface area contributed by atoms with Gasteiger partial charge < -0.3 is 15.4 Å². The second kappa shape index (κ2) is 5.66. The zero-order valence-electron chi connectivity index (χ0n) is 11.5. The standard InChI is InChI=1S/C16H15ClN2O2/c1-10(18-13-5-3-2-4-12(13)17)11-6-7-15-14(8-11)19-16(20)9-21-15/h2-8,10,18H,9H2,1H3,(H,19,20). The molecule has 0 bridgehead atoms. The molecule has 21 heavy (non-hydrogen) atoms. The van der Waals surface area contributed by atoms with Gasteiger partial charge in [-0.25, -0.2) is 0 Å². The fourth-order valence-electron chi connectivity index (χ4n) is 2.26. The van der Waals surface area contributed by atoms with Crippen molar-refractivity contribution >= 4 is 28.9 Å². The van der Waals surface area contributed by atoms with Gasteiger partial charge in [-0.3, -0.25) is 4.79 Å². The number of hydrogen-bond acceptors (Lipinski definition) is 3. The van der Waals surface area contributed by atoms with Gasteiger partial charge in [-0.2, -0.15) is 0 Å². The Morgan fingerprint density at radius 1 is 1.29 bits per heavy atom. The summed E-state index contributed by atoms with van der Waals surface area (Å²) >= 11 is 6.15. The highest BCUT2D eigenvalue weighted by molar-refractivity contribution is 6.33. The van der Waals surface area contributed by atoms with Gasteiger partial charge in [0.05, 0.1) is 16.4 Å². The minimum Gasteiger partial charge on any atom is -0.482 e. The van der Waals surface area contributed by atoms with Crippen molar-refractivity contribution in [1.82, 2.24) is 0 Å². The van der Waals surface area contributed by atoms with Crippen molar-refractivity contribution in [2.45, 2.75) is 13.0 Å². The van der Waals surface area contributed by atoms with Crippen molar-refractivity contribution in [2.24, 2.45) is 0 Å². The molecule has 0 spiro atoms. The number of hydrogen-bond donors (Lipinski definition) is 2. The lowest BCUT2D eigenvalue weighted by Gasteiger charge is -2.21. The molecule has 1 aliphatic heterocycles. The Morgan fingerprint density at radius 3 is 2.90 bits per heavy atom. The van der Waals surface area contributed by atoms with E-state index in [2.05, 4.69) is 10.6 Å². The summed E-state index contributed by atoms with van der Waals surface area (Å²) in [6.45, 7) is 2.11. The molecule has 0 fully saturated rings. The number of rotatable bonds is 3. The maximum atomic E-state index is 11.4. The van der Waals surface area contributed by atoms with Gasteiger partial charge in [0.25, 0.3) is 5.91 Å². The lowest BCUT2D eigenvalue weighted by Crippen LogP contribution is -2.25. The smallest absolute Gasteiger partial charge is 0.262 e. The number of amides is 1. The zero-order valence-corrected chi connectivity index (χ0v) is 12.3. The average molecular weight is 303 g/mol. The number of nitrogens with one attached hydrogen (secondary N) is 2. The third kappa shape index (κ3) is 2.95. The molecular weight excluding hydrogens is 288 g/mol. The van der Waals surface area contributed by atoms with E-state index in [1.807, 2.05) is 49.4 Å². The van der Waals surface area contributed by atoms with Crippen LogP contribution in [0.3, 0.4) is 0 Å². The molecule has 0 aliphatic carbocycles. The summed E-state index contributed by atoms with van der Waals surface area (Å²) in [5, 5.41) is 6.85. The van der Waals surface area contributed by atoms with E-state index in [1.54, 1.807) is 0 Å². The van der Waals surface area contributed by atoms with Crippen LogP contribution in [-0.4, -0.2) is 12.5 Å². The summed E-state index contributed by atoms with van der Waals surface area (Å²) in [7, 11) is 0. The molecule has 3 rings (SSSR count). The topological polar surface area (TPSA) is 50.4 Å². The summed E-state index contributed by atoms with van der Waals surface area (Å²) < 4.78 is 5.35. The maximum Gasteiger partial charge on any atom is 0.262 e. The number of benzene rings is 2. The molecule has 5 heteroatoms. The second-order valence-corrected chi connectivity index (χ2v) is 5.35. The van der Waals surface area contributed by atoms with E-state index >= 15 is 0 Å². The highest BCUT2D eigenvalue weighted by Gasteiger charge is 2.17. The molecule has 0 aromatic heterocycles. The minimum absolute atomic E-state index is 0.0500. The highest BCUT2D eigenvalue weighted by Crippen LogP contribution is 2.32. The van der Waals surface area contributed by atoms with E-state index in [1.165, 1.54) is 0 Å². The largest absolute Gasteiger partial charge is 0.482 e. The van der Waals surface area contributed by atoms with Crippen LogP contribution in [0.2, 0.25) is 5.02 Å². The predicted octanol–water partition coefficient (Wildman–Crippen LogP) is 3.84. The van der Waals surface area contributed by atoms with Crippen LogP contribution >= 0.6 is 11.6 Å². The molecular formula is C16H15ClN2O2. The number of halogens is 1. The third-order valence-electron chi connectivity index (χ3n) is 3.38. The zero-order chi connectivity index (χ0) is 14.8. The molecule has 2 aromatic rings. The van der Waals surface area contributed by atoms with Gasteiger partial charge in [-0.05, 0) is 36.8 Å². The Kier molecular flexibility index (Phi) is 3.71. The number of carbonyl (C=O) groups is 1. The van der Waals surface area contributed by atoms with Crippen molar-refractivity contribution in [1.29, 1.82) is 0 Å². The van der Waals surface area contributed by atoms with Crippen molar-refractivity contribution in [3.05, 3.63) is 53.1 Å². The second-order valence-electron chi connectivity index (χ2n) is 4.94. The van der Waals surface area contributed by atoms with Gasteiger partial charge in [0.1, 0.15) is 5.75 Å². The fraction of sp³-hybridized carbons (Fsp3) is 0.188. The monoisotopic (exact) mass is 302 g/mol. The first-order valence-corrected chi connectivity index (χ1v) is 7.09. The van der Waals surface area contributed by atoms with Crippen LogP contribution in [0, 0.1) is 0 Å². The van der Waals surface area contributed by atoms with E-state index in [9.17, 15) is 4.79 Å².